The van der Waals surface area contributed by atoms with Crippen LogP contribution in [0, 0.1) is 5.41 Å². The fourth-order valence-electron chi connectivity index (χ4n) is 4.27. The molecule has 1 saturated heterocycles. The highest BCUT2D eigenvalue weighted by Crippen LogP contribution is 2.74. The number of hydrogen-bond donors (Lipinski definition) is 0. The van der Waals surface area contributed by atoms with Crippen molar-refractivity contribution in [1.29, 1.82) is 0 Å². The summed E-state index contributed by atoms with van der Waals surface area (Å²) in [6.07, 6.45) is 1.58. The number of benzene rings is 1. The highest BCUT2D eigenvalue weighted by atomic mass is 19.4. The third-order valence-electron chi connectivity index (χ3n) is 5.57. The zero-order chi connectivity index (χ0) is 14.0. The van der Waals surface area contributed by atoms with Gasteiger partial charge in [0.1, 0.15) is 0 Å². The lowest BCUT2D eigenvalue weighted by atomic mass is 9.74. The summed E-state index contributed by atoms with van der Waals surface area (Å²) >= 11 is 0. The molecule has 1 heterocycles. The molecular weight excluding hydrogens is 265 g/mol. The van der Waals surface area contributed by atoms with Gasteiger partial charge < -0.3 is 4.74 Å². The number of alkyl halides is 3. The van der Waals surface area contributed by atoms with Crippen LogP contribution in [0.15, 0.2) is 24.3 Å². The van der Waals surface area contributed by atoms with Crippen LogP contribution in [0.3, 0.4) is 0 Å². The van der Waals surface area contributed by atoms with Crippen LogP contribution in [0.2, 0.25) is 0 Å². The molecule has 0 aromatic heterocycles. The normalized spacial score (nSPS) is 39.2. The van der Waals surface area contributed by atoms with Crippen molar-refractivity contribution in [3.8, 4) is 0 Å². The van der Waals surface area contributed by atoms with E-state index >= 15 is 0 Å². The van der Waals surface area contributed by atoms with Crippen molar-refractivity contribution in [2.45, 2.75) is 49.8 Å². The average molecular weight is 282 g/mol. The van der Waals surface area contributed by atoms with Gasteiger partial charge in [0.25, 0.3) is 0 Å². The van der Waals surface area contributed by atoms with E-state index in [9.17, 15) is 13.2 Å². The van der Waals surface area contributed by atoms with Crippen molar-refractivity contribution in [2.75, 3.05) is 6.61 Å². The second-order valence-corrected chi connectivity index (χ2v) is 6.52. The van der Waals surface area contributed by atoms with Gasteiger partial charge in [-0.05, 0) is 42.9 Å². The van der Waals surface area contributed by atoms with Crippen LogP contribution in [-0.2, 0) is 10.9 Å². The SMILES string of the molecule is FC(F)(F)c1ccc(C2CC23CCCCC32CO2)cc1. The van der Waals surface area contributed by atoms with Crippen molar-refractivity contribution in [3.63, 3.8) is 0 Å². The topological polar surface area (TPSA) is 12.5 Å². The Labute approximate surface area is 116 Å². The minimum absolute atomic E-state index is 0.0681. The summed E-state index contributed by atoms with van der Waals surface area (Å²) in [6, 6.07) is 5.75. The summed E-state index contributed by atoms with van der Waals surface area (Å²) < 4.78 is 43.6. The van der Waals surface area contributed by atoms with Crippen molar-refractivity contribution in [2.24, 2.45) is 5.41 Å². The molecule has 3 atom stereocenters. The minimum Gasteiger partial charge on any atom is -0.369 e. The fourth-order valence-corrected chi connectivity index (χ4v) is 4.27. The molecule has 2 saturated carbocycles. The standard InChI is InChI=1S/C16H17F3O/c17-16(18,19)12-5-3-11(4-6-12)13-9-14(13)7-1-2-8-15(14)10-20-15/h3-6,13H,1-2,7-10H2. The molecule has 0 N–H and O–H groups in total. The first kappa shape index (κ1) is 12.7. The predicted octanol–water partition coefficient (Wildman–Crippen LogP) is 4.52. The third-order valence-corrected chi connectivity index (χ3v) is 5.57. The van der Waals surface area contributed by atoms with E-state index < -0.39 is 11.7 Å². The summed E-state index contributed by atoms with van der Waals surface area (Å²) in [5.41, 5.74) is 0.788. The zero-order valence-electron chi connectivity index (χ0n) is 11.2. The maximum Gasteiger partial charge on any atom is 0.416 e. The van der Waals surface area contributed by atoms with Crippen LogP contribution in [0.1, 0.15) is 49.1 Å². The highest BCUT2D eigenvalue weighted by Gasteiger charge is 2.73. The maximum absolute atomic E-state index is 12.6. The summed E-state index contributed by atoms with van der Waals surface area (Å²) in [5.74, 6) is 0.396. The average Bonchev–Trinajstić information content (AvgIpc) is 3.29. The molecule has 0 bridgehead atoms. The Hall–Kier alpha value is -1.03. The lowest BCUT2D eigenvalue weighted by molar-refractivity contribution is -0.137. The van der Waals surface area contributed by atoms with Crippen LogP contribution >= 0.6 is 0 Å². The number of epoxide rings is 1. The maximum atomic E-state index is 12.6. The smallest absolute Gasteiger partial charge is 0.369 e. The lowest BCUT2D eigenvalue weighted by Gasteiger charge is -2.30. The van der Waals surface area contributed by atoms with Crippen molar-refractivity contribution in [1.82, 2.24) is 0 Å². The third kappa shape index (κ3) is 1.67. The number of fused-ring (bicyclic) bond motifs is 1. The molecule has 4 rings (SSSR count). The highest BCUT2D eigenvalue weighted by molar-refractivity contribution is 5.37. The van der Waals surface area contributed by atoms with Crippen molar-refractivity contribution >= 4 is 0 Å². The molecule has 1 aliphatic heterocycles. The van der Waals surface area contributed by atoms with Crippen LogP contribution in [0.5, 0.6) is 0 Å². The number of halogens is 3. The second kappa shape index (κ2) is 3.79. The Balaban J connectivity index is 1.58. The van der Waals surface area contributed by atoms with Crippen molar-refractivity contribution in [3.05, 3.63) is 35.4 Å². The van der Waals surface area contributed by atoms with Gasteiger partial charge in [-0.15, -0.1) is 0 Å². The van der Waals surface area contributed by atoms with Crippen molar-refractivity contribution < 1.29 is 17.9 Å². The quantitative estimate of drug-likeness (QED) is 0.690. The summed E-state index contributed by atoms with van der Waals surface area (Å²) in [4.78, 5) is 0. The summed E-state index contributed by atoms with van der Waals surface area (Å²) in [6.45, 7) is 0.851. The fraction of sp³-hybridized carbons (Fsp3) is 0.625. The first-order chi connectivity index (χ1) is 9.47. The van der Waals surface area contributed by atoms with E-state index in [1.807, 2.05) is 0 Å². The Kier molecular flexibility index (Phi) is 2.40. The van der Waals surface area contributed by atoms with Crippen LogP contribution < -0.4 is 0 Å². The molecule has 3 unspecified atom stereocenters. The Morgan fingerprint density at radius 3 is 2.30 bits per heavy atom. The van der Waals surface area contributed by atoms with Crippen LogP contribution in [0.25, 0.3) is 0 Å². The molecule has 2 spiro atoms. The van der Waals surface area contributed by atoms with Gasteiger partial charge in [0.15, 0.2) is 0 Å². The molecule has 1 aromatic carbocycles. The molecule has 3 fully saturated rings. The largest absolute Gasteiger partial charge is 0.416 e. The van der Waals surface area contributed by atoms with Gasteiger partial charge in [0.2, 0.25) is 0 Å². The van der Waals surface area contributed by atoms with E-state index in [0.717, 1.165) is 25.0 Å². The molecule has 1 nitrogen and oxygen atoms in total. The number of rotatable bonds is 1. The van der Waals surface area contributed by atoms with Crippen LogP contribution in [0.4, 0.5) is 13.2 Å². The van der Waals surface area contributed by atoms with E-state index in [2.05, 4.69) is 0 Å². The first-order valence-corrected chi connectivity index (χ1v) is 7.28. The second-order valence-electron chi connectivity index (χ2n) is 6.52. The van der Waals surface area contributed by atoms with Gasteiger partial charge >= 0.3 is 6.18 Å². The van der Waals surface area contributed by atoms with Crippen LogP contribution in [-0.4, -0.2) is 12.2 Å². The van der Waals surface area contributed by atoms with E-state index in [1.165, 1.54) is 31.4 Å². The predicted molar refractivity (Wildman–Crippen MR) is 68.4 cm³/mol. The van der Waals surface area contributed by atoms with Gasteiger partial charge in [-0.25, -0.2) is 0 Å². The zero-order valence-corrected chi connectivity index (χ0v) is 11.2. The van der Waals surface area contributed by atoms with Gasteiger partial charge in [-0.2, -0.15) is 13.2 Å². The Morgan fingerprint density at radius 1 is 1.05 bits per heavy atom. The minimum atomic E-state index is -4.24. The molecule has 4 heteroatoms. The first-order valence-electron chi connectivity index (χ1n) is 7.28. The monoisotopic (exact) mass is 282 g/mol. The lowest BCUT2D eigenvalue weighted by Crippen LogP contribution is -2.31. The van der Waals surface area contributed by atoms with E-state index in [-0.39, 0.29) is 11.0 Å². The molecule has 0 amide bonds. The van der Waals surface area contributed by atoms with E-state index in [1.54, 1.807) is 12.1 Å². The van der Waals surface area contributed by atoms with E-state index in [4.69, 9.17) is 4.74 Å². The van der Waals surface area contributed by atoms with Gasteiger partial charge in [0.05, 0.1) is 17.8 Å². The van der Waals surface area contributed by atoms with Gasteiger partial charge in [-0.1, -0.05) is 25.0 Å². The molecule has 1 aromatic rings. The summed E-state index contributed by atoms with van der Waals surface area (Å²) in [5, 5.41) is 0. The Bertz CT molecular complexity index is 530. The number of ether oxygens (including phenoxy) is 1. The molecule has 3 aliphatic rings. The summed E-state index contributed by atoms with van der Waals surface area (Å²) in [7, 11) is 0. The molecule has 20 heavy (non-hydrogen) atoms. The van der Waals surface area contributed by atoms with E-state index in [0.29, 0.717) is 5.92 Å². The molecular formula is C16H17F3O. The molecule has 2 aliphatic carbocycles. The molecule has 108 valence electrons. The Morgan fingerprint density at radius 2 is 1.70 bits per heavy atom. The number of hydrogen-bond acceptors (Lipinski definition) is 1. The van der Waals surface area contributed by atoms with Gasteiger partial charge in [-0.3, -0.25) is 0 Å². The van der Waals surface area contributed by atoms with Gasteiger partial charge in [0, 0.05) is 5.41 Å². The molecule has 0 radical (unpaired) electrons.